The van der Waals surface area contributed by atoms with Crippen LogP contribution in [0.3, 0.4) is 0 Å². The van der Waals surface area contributed by atoms with Gasteiger partial charge in [0, 0.05) is 19.3 Å². The number of aromatic nitrogens is 2. The molecule has 0 bridgehead atoms. The van der Waals surface area contributed by atoms with Crippen molar-refractivity contribution in [1.29, 1.82) is 0 Å². The van der Waals surface area contributed by atoms with Gasteiger partial charge in [-0.15, -0.1) is 0 Å². The molecule has 3 rings (SSSR count). The number of hydrogen-bond acceptors (Lipinski definition) is 3. The number of nitrogens with one attached hydrogen (secondary N) is 2. The van der Waals surface area contributed by atoms with E-state index in [1.165, 1.54) is 6.92 Å². The molecule has 0 fully saturated rings. The molecule has 1 aromatic carbocycles. The number of benzene rings is 1. The lowest BCUT2D eigenvalue weighted by Crippen LogP contribution is -2.32. The van der Waals surface area contributed by atoms with Crippen LogP contribution in [0.15, 0.2) is 48.8 Å². The standard InChI is InChI=1S/C20H21ClN4O2/c1-13-3-5-15(6-4-13)18(23-14(2)26)9-20(27)22-10-17-12-25-11-16(21)7-8-19(25)24-17/h3-8,11-12,18H,9-10H2,1-2H3,(H,22,27)(H,23,26). The van der Waals surface area contributed by atoms with Gasteiger partial charge in [-0.25, -0.2) is 4.98 Å². The van der Waals surface area contributed by atoms with Crippen LogP contribution < -0.4 is 10.6 Å². The van der Waals surface area contributed by atoms with Crippen LogP contribution in [-0.4, -0.2) is 21.2 Å². The van der Waals surface area contributed by atoms with Crippen LogP contribution >= 0.6 is 11.6 Å². The number of pyridine rings is 1. The Morgan fingerprint density at radius 1 is 1.15 bits per heavy atom. The molecule has 2 N–H and O–H groups in total. The number of fused-ring (bicyclic) bond motifs is 1. The van der Waals surface area contributed by atoms with Crippen LogP contribution in [0.1, 0.15) is 36.2 Å². The molecular weight excluding hydrogens is 364 g/mol. The maximum absolute atomic E-state index is 12.4. The van der Waals surface area contributed by atoms with Gasteiger partial charge in [0.2, 0.25) is 11.8 Å². The summed E-state index contributed by atoms with van der Waals surface area (Å²) in [4.78, 5) is 28.4. The van der Waals surface area contributed by atoms with E-state index < -0.39 is 0 Å². The van der Waals surface area contributed by atoms with Gasteiger partial charge in [-0.05, 0) is 24.6 Å². The Morgan fingerprint density at radius 2 is 1.89 bits per heavy atom. The number of rotatable bonds is 6. The zero-order valence-electron chi connectivity index (χ0n) is 15.2. The average Bonchev–Trinajstić information content (AvgIpc) is 3.01. The van der Waals surface area contributed by atoms with Gasteiger partial charge >= 0.3 is 0 Å². The summed E-state index contributed by atoms with van der Waals surface area (Å²) in [6.07, 6.45) is 3.74. The molecule has 0 spiro atoms. The highest BCUT2D eigenvalue weighted by Crippen LogP contribution is 2.18. The van der Waals surface area contributed by atoms with Crippen molar-refractivity contribution in [2.24, 2.45) is 0 Å². The summed E-state index contributed by atoms with van der Waals surface area (Å²) in [5.41, 5.74) is 3.52. The summed E-state index contributed by atoms with van der Waals surface area (Å²) in [7, 11) is 0. The van der Waals surface area contributed by atoms with E-state index in [0.717, 1.165) is 22.5 Å². The number of carbonyl (C=O) groups excluding carboxylic acids is 2. The third-order valence-corrected chi connectivity index (χ3v) is 4.40. The van der Waals surface area contributed by atoms with Crippen molar-refractivity contribution in [3.63, 3.8) is 0 Å². The monoisotopic (exact) mass is 384 g/mol. The summed E-state index contributed by atoms with van der Waals surface area (Å²) < 4.78 is 1.82. The minimum atomic E-state index is -0.372. The number of amides is 2. The molecule has 0 aliphatic rings. The first kappa shape index (κ1) is 18.9. The van der Waals surface area contributed by atoms with Crippen molar-refractivity contribution in [2.45, 2.75) is 32.9 Å². The van der Waals surface area contributed by atoms with E-state index in [9.17, 15) is 9.59 Å². The quantitative estimate of drug-likeness (QED) is 0.685. The van der Waals surface area contributed by atoms with Gasteiger partial charge in [-0.1, -0.05) is 41.4 Å². The molecule has 27 heavy (non-hydrogen) atoms. The molecule has 1 unspecified atom stereocenters. The van der Waals surface area contributed by atoms with Crippen molar-refractivity contribution in [3.8, 4) is 0 Å². The second-order valence-corrected chi connectivity index (χ2v) is 6.93. The van der Waals surface area contributed by atoms with Crippen LogP contribution in [0.2, 0.25) is 5.02 Å². The molecule has 0 radical (unpaired) electrons. The van der Waals surface area contributed by atoms with Crippen molar-refractivity contribution < 1.29 is 9.59 Å². The number of hydrogen-bond donors (Lipinski definition) is 2. The smallest absolute Gasteiger partial charge is 0.222 e. The molecule has 2 amide bonds. The Morgan fingerprint density at radius 3 is 2.59 bits per heavy atom. The first-order valence-electron chi connectivity index (χ1n) is 8.64. The van der Waals surface area contributed by atoms with Crippen LogP contribution in [0.4, 0.5) is 0 Å². The topological polar surface area (TPSA) is 75.5 Å². The largest absolute Gasteiger partial charge is 0.350 e. The van der Waals surface area contributed by atoms with Crippen LogP contribution in [0.5, 0.6) is 0 Å². The van der Waals surface area contributed by atoms with Gasteiger partial charge in [0.25, 0.3) is 0 Å². The lowest BCUT2D eigenvalue weighted by Gasteiger charge is -2.18. The normalized spacial score (nSPS) is 12.0. The highest BCUT2D eigenvalue weighted by atomic mass is 35.5. The van der Waals surface area contributed by atoms with Crippen LogP contribution in [-0.2, 0) is 16.1 Å². The Bertz CT molecular complexity index is 966. The lowest BCUT2D eigenvalue weighted by atomic mass is 10.0. The van der Waals surface area contributed by atoms with E-state index in [2.05, 4.69) is 15.6 Å². The molecular formula is C20H21ClN4O2. The molecule has 1 atom stereocenters. The number of nitrogens with zero attached hydrogens (tertiary/aromatic N) is 2. The first-order chi connectivity index (χ1) is 12.9. The van der Waals surface area contributed by atoms with E-state index in [-0.39, 0.29) is 24.3 Å². The average molecular weight is 385 g/mol. The highest BCUT2D eigenvalue weighted by molar-refractivity contribution is 6.30. The Kier molecular flexibility index (Phi) is 5.76. The summed E-state index contributed by atoms with van der Waals surface area (Å²) >= 11 is 5.97. The number of halogens is 1. The SMILES string of the molecule is CC(=O)NC(CC(=O)NCc1cn2cc(Cl)ccc2n1)c1ccc(C)cc1. The lowest BCUT2D eigenvalue weighted by molar-refractivity contribution is -0.122. The minimum Gasteiger partial charge on any atom is -0.350 e. The number of aryl methyl sites for hydroxylation is 1. The third-order valence-electron chi connectivity index (χ3n) is 4.18. The van der Waals surface area contributed by atoms with E-state index in [1.807, 2.05) is 47.9 Å². The Hall–Kier alpha value is -2.86. The minimum absolute atomic E-state index is 0.155. The van der Waals surface area contributed by atoms with E-state index in [0.29, 0.717) is 11.6 Å². The Balaban J connectivity index is 1.64. The fourth-order valence-corrected chi connectivity index (χ4v) is 3.01. The van der Waals surface area contributed by atoms with Crippen LogP contribution in [0.25, 0.3) is 5.65 Å². The summed E-state index contributed by atoms with van der Waals surface area (Å²) in [5.74, 6) is -0.338. The van der Waals surface area contributed by atoms with Gasteiger partial charge < -0.3 is 15.0 Å². The maximum atomic E-state index is 12.4. The molecule has 2 heterocycles. The van der Waals surface area contributed by atoms with E-state index in [1.54, 1.807) is 12.3 Å². The van der Waals surface area contributed by atoms with Crippen molar-refractivity contribution in [1.82, 2.24) is 20.0 Å². The Labute approximate surface area is 162 Å². The molecule has 0 saturated heterocycles. The zero-order chi connectivity index (χ0) is 19.4. The second kappa shape index (κ2) is 8.22. The third kappa shape index (κ3) is 5.08. The predicted octanol–water partition coefficient (Wildman–Crippen LogP) is 3.18. The fourth-order valence-electron chi connectivity index (χ4n) is 2.85. The van der Waals surface area contributed by atoms with Gasteiger partial charge in [0.05, 0.1) is 29.7 Å². The molecule has 2 aromatic heterocycles. The molecule has 0 aliphatic carbocycles. The summed E-state index contributed by atoms with van der Waals surface area (Å²) in [6.45, 7) is 3.74. The van der Waals surface area contributed by atoms with Crippen molar-refractivity contribution in [3.05, 3.63) is 70.6 Å². The first-order valence-corrected chi connectivity index (χ1v) is 9.02. The zero-order valence-corrected chi connectivity index (χ0v) is 16.0. The van der Waals surface area contributed by atoms with Gasteiger partial charge in [0.1, 0.15) is 5.65 Å². The molecule has 140 valence electrons. The number of carbonyl (C=O) groups is 2. The molecule has 6 nitrogen and oxygen atoms in total. The fraction of sp³-hybridized carbons (Fsp3) is 0.250. The van der Waals surface area contributed by atoms with E-state index >= 15 is 0 Å². The van der Waals surface area contributed by atoms with Gasteiger partial charge in [0.15, 0.2) is 0 Å². The van der Waals surface area contributed by atoms with E-state index in [4.69, 9.17) is 11.6 Å². The van der Waals surface area contributed by atoms with Crippen LogP contribution in [0, 0.1) is 6.92 Å². The number of imidazole rings is 1. The highest BCUT2D eigenvalue weighted by Gasteiger charge is 2.17. The molecule has 7 heteroatoms. The summed E-state index contributed by atoms with van der Waals surface area (Å²) in [5, 5.41) is 6.32. The van der Waals surface area contributed by atoms with Crippen molar-refractivity contribution >= 4 is 29.1 Å². The van der Waals surface area contributed by atoms with Crippen molar-refractivity contribution in [2.75, 3.05) is 0 Å². The molecule has 0 saturated carbocycles. The maximum Gasteiger partial charge on any atom is 0.222 e. The predicted molar refractivity (Wildman–Crippen MR) is 104 cm³/mol. The summed E-state index contributed by atoms with van der Waals surface area (Å²) in [6, 6.07) is 11.0. The van der Waals surface area contributed by atoms with Gasteiger partial charge in [-0.2, -0.15) is 0 Å². The molecule has 0 aliphatic heterocycles. The molecule has 3 aromatic rings. The second-order valence-electron chi connectivity index (χ2n) is 6.49. The van der Waals surface area contributed by atoms with Gasteiger partial charge in [-0.3, -0.25) is 9.59 Å².